The highest BCUT2D eigenvalue weighted by Crippen LogP contribution is 2.07. The van der Waals surface area contributed by atoms with Crippen LogP contribution in [0.3, 0.4) is 0 Å². The summed E-state index contributed by atoms with van der Waals surface area (Å²) in [5.74, 6) is -1.23. The van der Waals surface area contributed by atoms with Crippen molar-refractivity contribution in [3.05, 3.63) is 24.0 Å². The number of nitrogens with zero attached hydrogens (tertiary/aromatic N) is 1. The SMILES string of the molecule is CC(C)(C)NCCC(=O)Nc1ccc(C(=O)O)nc1. The number of hydrogen-bond acceptors (Lipinski definition) is 4. The Morgan fingerprint density at radius 2 is 2.00 bits per heavy atom. The first-order chi connectivity index (χ1) is 8.78. The number of anilines is 1. The molecule has 0 fully saturated rings. The predicted molar refractivity (Wildman–Crippen MR) is 72.2 cm³/mol. The van der Waals surface area contributed by atoms with E-state index in [1.54, 1.807) is 0 Å². The lowest BCUT2D eigenvalue weighted by Crippen LogP contribution is -2.37. The molecule has 6 nitrogen and oxygen atoms in total. The molecule has 6 heteroatoms. The lowest BCUT2D eigenvalue weighted by molar-refractivity contribution is -0.116. The zero-order chi connectivity index (χ0) is 14.5. The number of amides is 1. The molecule has 0 aliphatic heterocycles. The fraction of sp³-hybridized carbons (Fsp3) is 0.462. The minimum absolute atomic E-state index is 0.0228. The topological polar surface area (TPSA) is 91.3 Å². The van der Waals surface area contributed by atoms with Gasteiger partial charge in [0.25, 0.3) is 0 Å². The Morgan fingerprint density at radius 3 is 2.47 bits per heavy atom. The van der Waals surface area contributed by atoms with Crippen LogP contribution in [0.1, 0.15) is 37.7 Å². The molecule has 0 aliphatic carbocycles. The molecule has 1 heterocycles. The smallest absolute Gasteiger partial charge is 0.354 e. The van der Waals surface area contributed by atoms with Crippen LogP contribution in [0.5, 0.6) is 0 Å². The van der Waals surface area contributed by atoms with Crippen molar-refractivity contribution in [3.63, 3.8) is 0 Å². The summed E-state index contributed by atoms with van der Waals surface area (Å²) < 4.78 is 0. The third kappa shape index (κ3) is 5.96. The molecular weight excluding hydrogens is 246 g/mol. The second-order valence-electron chi connectivity index (χ2n) is 5.21. The van der Waals surface area contributed by atoms with Crippen molar-refractivity contribution in [2.45, 2.75) is 32.7 Å². The number of nitrogens with one attached hydrogen (secondary N) is 2. The predicted octanol–water partition coefficient (Wildman–Crippen LogP) is 1.50. The Hall–Kier alpha value is -1.95. The van der Waals surface area contributed by atoms with Crippen molar-refractivity contribution in [3.8, 4) is 0 Å². The van der Waals surface area contributed by atoms with Crippen LogP contribution in [0.25, 0.3) is 0 Å². The van der Waals surface area contributed by atoms with E-state index in [4.69, 9.17) is 5.11 Å². The largest absolute Gasteiger partial charge is 0.477 e. The van der Waals surface area contributed by atoms with Gasteiger partial charge in [-0.25, -0.2) is 9.78 Å². The van der Waals surface area contributed by atoms with Crippen molar-refractivity contribution in [2.24, 2.45) is 0 Å². The quantitative estimate of drug-likeness (QED) is 0.750. The number of rotatable bonds is 5. The number of aromatic nitrogens is 1. The van der Waals surface area contributed by atoms with Gasteiger partial charge in [0.05, 0.1) is 11.9 Å². The van der Waals surface area contributed by atoms with E-state index in [9.17, 15) is 9.59 Å². The molecule has 1 aromatic heterocycles. The van der Waals surface area contributed by atoms with Gasteiger partial charge in [-0.2, -0.15) is 0 Å². The van der Waals surface area contributed by atoms with Gasteiger partial charge in [-0.1, -0.05) is 0 Å². The molecule has 0 aliphatic rings. The van der Waals surface area contributed by atoms with Gasteiger partial charge in [0.2, 0.25) is 5.91 Å². The van der Waals surface area contributed by atoms with Gasteiger partial charge in [-0.15, -0.1) is 0 Å². The normalized spacial score (nSPS) is 11.1. The van der Waals surface area contributed by atoms with Crippen LogP contribution in [0.2, 0.25) is 0 Å². The minimum Gasteiger partial charge on any atom is -0.477 e. The summed E-state index contributed by atoms with van der Waals surface area (Å²) in [6.07, 6.45) is 1.68. The van der Waals surface area contributed by atoms with Crippen LogP contribution in [0.15, 0.2) is 18.3 Å². The van der Waals surface area contributed by atoms with Crippen molar-refractivity contribution >= 4 is 17.6 Å². The molecule has 1 aromatic rings. The second kappa shape index (κ2) is 6.29. The van der Waals surface area contributed by atoms with Crippen LogP contribution in [0.4, 0.5) is 5.69 Å². The molecule has 104 valence electrons. The highest BCUT2D eigenvalue weighted by molar-refractivity contribution is 5.91. The van der Waals surface area contributed by atoms with E-state index in [1.807, 2.05) is 20.8 Å². The number of aromatic carboxylic acids is 1. The average Bonchev–Trinajstić information content (AvgIpc) is 2.27. The molecule has 0 bridgehead atoms. The van der Waals surface area contributed by atoms with Crippen LogP contribution < -0.4 is 10.6 Å². The first-order valence-electron chi connectivity index (χ1n) is 6.02. The standard InChI is InChI=1S/C13H19N3O3/c1-13(2,3)15-7-6-11(17)16-9-4-5-10(12(18)19)14-8-9/h4-5,8,15H,6-7H2,1-3H3,(H,16,17)(H,18,19). The molecule has 1 amide bonds. The zero-order valence-corrected chi connectivity index (χ0v) is 11.4. The van der Waals surface area contributed by atoms with E-state index < -0.39 is 5.97 Å². The van der Waals surface area contributed by atoms with E-state index in [2.05, 4.69) is 15.6 Å². The molecule has 0 saturated carbocycles. The van der Waals surface area contributed by atoms with Crippen molar-refractivity contribution < 1.29 is 14.7 Å². The number of pyridine rings is 1. The van der Waals surface area contributed by atoms with Crippen molar-refractivity contribution in [1.29, 1.82) is 0 Å². The van der Waals surface area contributed by atoms with Gasteiger partial charge in [-0.05, 0) is 32.9 Å². The Bertz CT molecular complexity index is 449. The summed E-state index contributed by atoms with van der Waals surface area (Å²) >= 11 is 0. The Labute approximate surface area is 112 Å². The molecule has 3 N–H and O–H groups in total. The molecule has 0 spiro atoms. The van der Waals surface area contributed by atoms with E-state index in [0.29, 0.717) is 18.7 Å². The van der Waals surface area contributed by atoms with Gasteiger partial charge in [0.1, 0.15) is 5.69 Å². The first kappa shape index (κ1) is 15.1. The Morgan fingerprint density at radius 1 is 1.32 bits per heavy atom. The highest BCUT2D eigenvalue weighted by atomic mass is 16.4. The zero-order valence-electron chi connectivity index (χ0n) is 11.4. The number of carbonyl (C=O) groups is 2. The summed E-state index contributed by atoms with van der Waals surface area (Å²) in [5.41, 5.74) is 0.420. The van der Waals surface area contributed by atoms with Crippen molar-refractivity contribution in [1.82, 2.24) is 10.3 Å². The summed E-state index contributed by atoms with van der Waals surface area (Å²) in [7, 11) is 0. The van der Waals surface area contributed by atoms with Gasteiger partial charge in [0, 0.05) is 18.5 Å². The number of carbonyl (C=O) groups excluding carboxylic acids is 1. The molecule has 0 radical (unpaired) electrons. The molecule has 0 aromatic carbocycles. The van der Waals surface area contributed by atoms with Gasteiger partial charge in [-0.3, -0.25) is 4.79 Å². The van der Waals surface area contributed by atoms with E-state index in [0.717, 1.165) is 0 Å². The van der Waals surface area contributed by atoms with E-state index in [1.165, 1.54) is 18.3 Å². The maximum absolute atomic E-state index is 11.6. The Balaban J connectivity index is 2.42. The fourth-order valence-electron chi connectivity index (χ4n) is 1.37. The van der Waals surface area contributed by atoms with Gasteiger partial charge in [0.15, 0.2) is 0 Å². The molecule has 0 atom stereocenters. The number of hydrogen-bond donors (Lipinski definition) is 3. The molecule has 0 unspecified atom stereocenters. The van der Waals surface area contributed by atoms with Crippen LogP contribution in [-0.4, -0.2) is 34.1 Å². The summed E-state index contributed by atoms with van der Waals surface area (Å²) in [5, 5.41) is 14.6. The lowest BCUT2D eigenvalue weighted by atomic mass is 10.1. The third-order valence-electron chi connectivity index (χ3n) is 2.27. The number of carboxylic acids is 1. The summed E-state index contributed by atoms with van der Waals surface area (Å²) in [6, 6.07) is 2.87. The van der Waals surface area contributed by atoms with Crippen molar-refractivity contribution in [2.75, 3.05) is 11.9 Å². The highest BCUT2D eigenvalue weighted by Gasteiger charge is 2.10. The van der Waals surface area contributed by atoms with Crippen LogP contribution in [0, 0.1) is 0 Å². The van der Waals surface area contributed by atoms with E-state index >= 15 is 0 Å². The first-order valence-corrected chi connectivity index (χ1v) is 6.02. The second-order valence-corrected chi connectivity index (χ2v) is 5.21. The third-order valence-corrected chi connectivity index (χ3v) is 2.27. The van der Waals surface area contributed by atoms with Crippen LogP contribution in [-0.2, 0) is 4.79 Å². The summed E-state index contributed by atoms with van der Waals surface area (Å²) in [4.78, 5) is 26.0. The minimum atomic E-state index is -1.09. The summed E-state index contributed by atoms with van der Waals surface area (Å²) in [6.45, 7) is 6.66. The van der Waals surface area contributed by atoms with E-state index in [-0.39, 0.29) is 17.1 Å². The maximum Gasteiger partial charge on any atom is 0.354 e. The lowest BCUT2D eigenvalue weighted by Gasteiger charge is -2.20. The average molecular weight is 265 g/mol. The van der Waals surface area contributed by atoms with Crippen LogP contribution >= 0.6 is 0 Å². The molecule has 19 heavy (non-hydrogen) atoms. The molecule has 0 saturated heterocycles. The Kier molecular flexibility index (Phi) is 5.00. The monoisotopic (exact) mass is 265 g/mol. The maximum atomic E-state index is 11.6. The molecular formula is C13H19N3O3. The van der Waals surface area contributed by atoms with Gasteiger partial charge < -0.3 is 15.7 Å². The fourth-order valence-corrected chi connectivity index (χ4v) is 1.37. The molecule has 1 rings (SSSR count). The van der Waals surface area contributed by atoms with Gasteiger partial charge >= 0.3 is 5.97 Å². The number of carboxylic acid groups (broad SMARTS) is 1.